The number of ether oxygens (including phenoxy) is 1. The van der Waals surface area contributed by atoms with Gasteiger partial charge in [-0.1, -0.05) is 22.9 Å². The van der Waals surface area contributed by atoms with Crippen LogP contribution in [0.15, 0.2) is 22.7 Å². The van der Waals surface area contributed by atoms with Gasteiger partial charge in [0.2, 0.25) is 0 Å². The van der Waals surface area contributed by atoms with Crippen molar-refractivity contribution in [2.24, 2.45) is 0 Å². The first kappa shape index (κ1) is 16.0. The monoisotopic (exact) mass is 329 g/mol. The van der Waals surface area contributed by atoms with E-state index < -0.39 is 0 Å². The molecule has 0 fully saturated rings. The minimum absolute atomic E-state index is 0.0473. The van der Waals surface area contributed by atoms with E-state index in [1.54, 1.807) is 12.1 Å². The molecule has 5 heteroatoms. The summed E-state index contributed by atoms with van der Waals surface area (Å²) in [5, 5.41) is 11.9. The van der Waals surface area contributed by atoms with E-state index in [-0.39, 0.29) is 24.7 Å². The van der Waals surface area contributed by atoms with E-state index in [4.69, 9.17) is 9.84 Å². The zero-order valence-electron chi connectivity index (χ0n) is 11.4. The molecule has 1 unspecified atom stereocenters. The number of halogens is 1. The quantitative estimate of drug-likeness (QED) is 0.843. The summed E-state index contributed by atoms with van der Waals surface area (Å²) in [6, 6.07) is 5.03. The minimum Gasteiger partial charge on any atom is -0.491 e. The van der Waals surface area contributed by atoms with Gasteiger partial charge in [-0.05, 0) is 38.5 Å². The van der Waals surface area contributed by atoms with Crippen molar-refractivity contribution >= 4 is 21.8 Å². The van der Waals surface area contributed by atoms with Crippen LogP contribution in [0, 0.1) is 0 Å². The second-order valence-corrected chi connectivity index (χ2v) is 5.52. The molecular formula is C14H20BrNO3. The fourth-order valence-corrected chi connectivity index (χ4v) is 2.05. The van der Waals surface area contributed by atoms with Crippen molar-refractivity contribution in [3.05, 3.63) is 28.2 Å². The zero-order valence-corrected chi connectivity index (χ0v) is 13.0. The number of hydrogen-bond donors (Lipinski definition) is 2. The Bertz CT molecular complexity index is 431. The number of benzene rings is 1. The Labute approximate surface area is 122 Å². The summed E-state index contributed by atoms with van der Waals surface area (Å²) in [5.41, 5.74) is 0.511. The highest BCUT2D eigenvalue weighted by molar-refractivity contribution is 9.10. The summed E-state index contributed by atoms with van der Waals surface area (Å²) in [5.74, 6) is 0.433. The van der Waals surface area contributed by atoms with Crippen LogP contribution in [0.4, 0.5) is 0 Å². The maximum Gasteiger partial charge on any atom is 0.251 e. The van der Waals surface area contributed by atoms with Gasteiger partial charge < -0.3 is 15.2 Å². The molecule has 0 aliphatic rings. The lowest BCUT2D eigenvalue weighted by atomic mass is 10.1. The molecule has 0 aliphatic carbocycles. The second-order valence-electron chi connectivity index (χ2n) is 4.60. The SMILES string of the molecule is CCC(CO)NC(=O)c1cc(Br)cc(OC(C)C)c1. The van der Waals surface area contributed by atoms with Gasteiger partial charge in [0.25, 0.3) is 5.91 Å². The van der Waals surface area contributed by atoms with Crippen LogP contribution in [0.25, 0.3) is 0 Å². The van der Waals surface area contributed by atoms with Crippen molar-refractivity contribution in [3.8, 4) is 5.75 Å². The number of hydrogen-bond acceptors (Lipinski definition) is 3. The lowest BCUT2D eigenvalue weighted by Gasteiger charge is -2.15. The summed E-state index contributed by atoms with van der Waals surface area (Å²) in [6.07, 6.45) is 0.733. The van der Waals surface area contributed by atoms with Crippen molar-refractivity contribution in [1.29, 1.82) is 0 Å². The standard InChI is InChI=1S/C14H20BrNO3/c1-4-12(8-17)16-14(18)10-5-11(15)7-13(6-10)19-9(2)3/h5-7,9,12,17H,4,8H2,1-3H3,(H,16,18). The lowest BCUT2D eigenvalue weighted by Crippen LogP contribution is -2.36. The van der Waals surface area contributed by atoms with Gasteiger partial charge in [-0.3, -0.25) is 4.79 Å². The Hall–Kier alpha value is -1.07. The molecule has 0 aromatic heterocycles. The van der Waals surface area contributed by atoms with E-state index in [0.29, 0.717) is 17.7 Å². The summed E-state index contributed by atoms with van der Waals surface area (Å²) in [6.45, 7) is 5.71. The van der Waals surface area contributed by atoms with E-state index in [1.807, 2.05) is 26.8 Å². The van der Waals surface area contributed by atoms with Gasteiger partial charge in [0, 0.05) is 10.0 Å². The van der Waals surface area contributed by atoms with E-state index >= 15 is 0 Å². The zero-order chi connectivity index (χ0) is 14.4. The molecule has 0 saturated carbocycles. The maximum atomic E-state index is 12.1. The van der Waals surface area contributed by atoms with Crippen LogP contribution in [0.5, 0.6) is 5.75 Å². The third-order valence-electron chi connectivity index (χ3n) is 2.55. The number of nitrogens with one attached hydrogen (secondary N) is 1. The normalized spacial score (nSPS) is 12.3. The average Bonchev–Trinajstić information content (AvgIpc) is 2.34. The molecule has 0 aliphatic heterocycles. The van der Waals surface area contributed by atoms with Crippen LogP contribution in [-0.2, 0) is 0 Å². The van der Waals surface area contributed by atoms with E-state index in [0.717, 1.165) is 4.47 Å². The predicted octanol–water partition coefficient (Wildman–Crippen LogP) is 2.74. The Morgan fingerprint density at radius 1 is 1.42 bits per heavy atom. The van der Waals surface area contributed by atoms with Crippen molar-refractivity contribution in [2.45, 2.75) is 39.3 Å². The molecule has 0 heterocycles. The average molecular weight is 330 g/mol. The number of rotatable bonds is 6. The number of aliphatic hydroxyl groups is 1. The molecule has 106 valence electrons. The van der Waals surface area contributed by atoms with Gasteiger partial charge in [-0.2, -0.15) is 0 Å². The molecule has 0 radical (unpaired) electrons. The first-order chi connectivity index (χ1) is 8.96. The smallest absolute Gasteiger partial charge is 0.251 e. The van der Waals surface area contributed by atoms with Gasteiger partial charge in [0.1, 0.15) is 5.75 Å². The molecule has 1 atom stereocenters. The van der Waals surface area contributed by atoms with Crippen LogP contribution in [0.2, 0.25) is 0 Å². The Kier molecular flexibility index (Phi) is 6.31. The van der Waals surface area contributed by atoms with Crippen molar-refractivity contribution in [1.82, 2.24) is 5.32 Å². The molecule has 19 heavy (non-hydrogen) atoms. The van der Waals surface area contributed by atoms with Crippen molar-refractivity contribution in [2.75, 3.05) is 6.61 Å². The Balaban J connectivity index is 2.87. The number of amides is 1. The molecule has 0 bridgehead atoms. The predicted molar refractivity (Wildman–Crippen MR) is 78.5 cm³/mol. The molecular weight excluding hydrogens is 310 g/mol. The van der Waals surface area contributed by atoms with Gasteiger partial charge >= 0.3 is 0 Å². The summed E-state index contributed by atoms with van der Waals surface area (Å²) >= 11 is 3.36. The number of aliphatic hydroxyl groups excluding tert-OH is 1. The first-order valence-corrected chi connectivity index (χ1v) is 7.14. The number of carbonyl (C=O) groups excluding carboxylic acids is 1. The van der Waals surface area contributed by atoms with Crippen LogP contribution >= 0.6 is 15.9 Å². The van der Waals surface area contributed by atoms with Gasteiger partial charge in [0.05, 0.1) is 18.8 Å². The maximum absolute atomic E-state index is 12.1. The highest BCUT2D eigenvalue weighted by Crippen LogP contribution is 2.22. The van der Waals surface area contributed by atoms with Crippen LogP contribution in [-0.4, -0.2) is 29.8 Å². The van der Waals surface area contributed by atoms with Crippen LogP contribution in [0.3, 0.4) is 0 Å². The van der Waals surface area contributed by atoms with Gasteiger partial charge in [-0.15, -0.1) is 0 Å². The number of carbonyl (C=O) groups is 1. The third-order valence-corrected chi connectivity index (χ3v) is 3.01. The van der Waals surface area contributed by atoms with E-state index in [2.05, 4.69) is 21.2 Å². The van der Waals surface area contributed by atoms with Gasteiger partial charge in [-0.25, -0.2) is 0 Å². The van der Waals surface area contributed by atoms with Gasteiger partial charge in [0.15, 0.2) is 0 Å². The Morgan fingerprint density at radius 2 is 2.11 bits per heavy atom. The molecule has 4 nitrogen and oxygen atoms in total. The largest absolute Gasteiger partial charge is 0.491 e. The van der Waals surface area contributed by atoms with E-state index in [1.165, 1.54) is 0 Å². The topological polar surface area (TPSA) is 58.6 Å². The molecule has 0 spiro atoms. The fraction of sp³-hybridized carbons (Fsp3) is 0.500. The molecule has 0 saturated heterocycles. The lowest BCUT2D eigenvalue weighted by molar-refractivity contribution is 0.0914. The van der Waals surface area contributed by atoms with Crippen molar-refractivity contribution in [3.63, 3.8) is 0 Å². The summed E-state index contributed by atoms with van der Waals surface area (Å²) < 4.78 is 6.37. The van der Waals surface area contributed by atoms with E-state index in [9.17, 15) is 4.79 Å². The molecule has 1 aromatic rings. The Morgan fingerprint density at radius 3 is 2.63 bits per heavy atom. The highest BCUT2D eigenvalue weighted by atomic mass is 79.9. The third kappa shape index (κ3) is 5.20. The highest BCUT2D eigenvalue weighted by Gasteiger charge is 2.13. The molecule has 1 rings (SSSR count). The van der Waals surface area contributed by atoms with Crippen molar-refractivity contribution < 1.29 is 14.6 Å². The summed E-state index contributed by atoms with van der Waals surface area (Å²) in [4.78, 5) is 12.1. The first-order valence-electron chi connectivity index (χ1n) is 6.35. The molecule has 1 amide bonds. The van der Waals surface area contributed by atoms with Crippen LogP contribution in [0.1, 0.15) is 37.6 Å². The second kappa shape index (κ2) is 7.50. The molecule has 2 N–H and O–H groups in total. The fourth-order valence-electron chi connectivity index (χ4n) is 1.58. The molecule has 1 aromatic carbocycles. The minimum atomic E-state index is -0.221. The van der Waals surface area contributed by atoms with Crippen LogP contribution < -0.4 is 10.1 Å². The summed E-state index contributed by atoms with van der Waals surface area (Å²) in [7, 11) is 0.